The molecule has 766 valence electrons. The maximum absolute atomic E-state index is 12.8. The molecule has 23 nitrogen and oxygen atoms in total. The zero-order valence-corrected chi connectivity index (χ0v) is 90.0. The molecular formula is C121H135N7O16S3+2. The molecule has 10 aliphatic heterocycles. The number of anilines is 3. The topological polar surface area (TPSA) is 326 Å². The third kappa shape index (κ3) is 19.4. The molecule has 10 heterocycles. The largest absolute Gasteiger partial charge is 0.744 e. The van der Waals surface area contributed by atoms with Crippen LogP contribution >= 0.6 is 0 Å². The summed E-state index contributed by atoms with van der Waals surface area (Å²) in [6.07, 6.45) is 31.0. The quantitative estimate of drug-likeness (QED) is 0.0168. The molecule has 0 radical (unpaired) electrons. The molecule has 20 rings (SSSR count). The summed E-state index contributed by atoms with van der Waals surface area (Å²) in [5.74, 6) is -0.604. The number of rotatable bonds is 21. The van der Waals surface area contributed by atoms with Crippen molar-refractivity contribution in [2.24, 2.45) is 0 Å². The number of fused-ring (bicyclic) bond motifs is 10. The molecule has 6 N–H and O–H groups in total. The Hall–Kier alpha value is -13.1. The zero-order valence-electron chi connectivity index (χ0n) is 87.5. The molecule has 0 amide bonds. The van der Waals surface area contributed by atoms with Crippen molar-refractivity contribution in [3.8, 4) is 33.9 Å². The lowest BCUT2D eigenvalue weighted by atomic mass is 9.81. The first-order valence-corrected chi connectivity index (χ1v) is 55.5. The predicted octanol–water partition coefficient (Wildman–Crippen LogP) is 22.4. The van der Waals surface area contributed by atoms with E-state index < -0.39 is 74.2 Å². The second-order valence-corrected chi connectivity index (χ2v) is 47.3. The number of carboxylic acid groups (broad SMARTS) is 2. The van der Waals surface area contributed by atoms with Crippen LogP contribution in [0.3, 0.4) is 0 Å². The number of benzene rings is 10. The summed E-state index contributed by atoms with van der Waals surface area (Å²) < 4.78 is 124. The summed E-state index contributed by atoms with van der Waals surface area (Å²) in [5, 5.41) is 39.8. The molecule has 0 bridgehead atoms. The number of nitrogens with one attached hydrogen (secondary N) is 1. The second kappa shape index (κ2) is 40.5. The smallest absolute Gasteiger partial charge is 0.336 e. The van der Waals surface area contributed by atoms with Crippen molar-refractivity contribution in [2.75, 3.05) is 60.6 Å². The minimum absolute atomic E-state index is 0.0201. The number of hydrogen-bond donors (Lipinski definition) is 6. The molecule has 0 unspecified atom stereocenters. The van der Waals surface area contributed by atoms with E-state index in [1.807, 2.05) is 19.9 Å². The van der Waals surface area contributed by atoms with Crippen molar-refractivity contribution >= 4 is 98.7 Å². The Labute approximate surface area is 863 Å². The van der Waals surface area contributed by atoms with Crippen LogP contribution in [0.25, 0.3) is 39.0 Å². The van der Waals surface area contributed by atoms with Gasteiger partial charge in [0.25, 0.3) is 20.2 Å². The van der Waals surface area contributed by atoms with E-state index in [1.165, 1.54) is 133 Å². The van der Waals surface area contributed by atoms with Gasteiger partial charge in [0.1, 0.15) is 51.0 Å². The Bertz CT molecular complexity index is 8090. The van der Waals surface area contributed by atoms with E-state index in [0.717, 1.165) is 159 Å². The van der Waals surface area contributed by atoms with Crippen molar-refractivity contribution in [3.63, 3.8) is 0 Å². The van der Waals surface area contributed by atoms with E-state index >= 15 is 0 Å². The number of aromatic carboxylic acids is 2. The third-order valence-corrected chi connectivity index (χ3v) is 33.6. The second-order valence-electron chi connectivity index (χ2n) is 43.2. The van der Waals surface area contributed by atoms with Gasteiger partial charge in [-0.25, -0.2) is 22.6 Å². The summed E-state index contributed by atoms with van der Waals surface area (Å²) in [7, 11) is -14.5. The van der Waals surface area contributed by atoms with E-state index in [2.05, 4.69) is 291 Å². The molecule has 0 spiro atoms. The van der Waals surface area contributed by atoms with Gasteiger partial charge in [0.05, 0.1) is 37.8 Å². The summed E-state index contributed by atoms with van der Waals surface area (Å²) in [4.78, 5) is 30.6. The molecular weight excluding hydrogens is 1900 g/mol. The van der Waals surface area contributed by atoms with Crippen LogP contribution in [0, 0.1) is 19.3 Å². The molecule has 0 atom stereocenters. The van der Waals surface area contributed by atoms with E-state index in [4.69, 9.17) is 14.6 Å². The van der Waals surface area contributed by atoms with E-state index in [-0.39, 0.29) is 78.8 Å². The Morgan fingerprint density at radius 1 is 0.531 bits per heavy atom. The number of aryl methyl sites for hydroxylation is 4. The molecule has 0 saturated carbocycles. The summed E-state index contributed by atoms with van der Waals surface area (Å²) >= 11 is 0. The van der Waals surface area contributed by atoms with Crippen LogP contribution in [-0.4, -0.2) is 145 Å². The zero-order chi connectivity index (χ0) is 106. The van der Waals surface area contributed by atoms with Gasteiger partial charge in [0.15, 0.2) is 29.3 Å². The van der Waals surface area contributed by atoms with Gasteiger partial charge in [-0.05, 0) is 250 Å². The van der Waals surface area contributed by atoms with Gasteiger partial charge in [0.2, 0.25) is 16.7 Å². The maximum atomic E-state index is 12.8. The molecule has 26 heteroatoms. The van der Waals surface area contributed by atoms with Crippen molar-refractivity contribution < 1.29 is 82.1 Å². The number of nitrogens with zero attached hydrogens (tertiary/aromatic N) is 6. The normalized spacial score (nSPS) is 17.6. The Morgan fingerprint density at radius 2 is 1.09 bits per heavy atom. The van der Waals surface area contributed by atoms with Crippen LogP contribution in [0.4, 0.5) is 28.4 Å². The predicted molar refractivity (Wildman–Crippen MR) is 583 cm³/mol. The number of carbonyl (C=O) groups is 2. The number of ether oxygens (including phenoxy) is 1. The van der Waals surface area contributed by atoms with Crippen molar-refractivity contribution in [1.29, 1.82) is 5.41 Å². The average molecular weight is 2040 g/mol. The lowest BCUT2D eigenvalue weighted by Crippen LogP contribution is -2.45. The highest BCUT2D eigenvalue weighted by Gasteiger charge is 2.48. The third-order valence-electron chi connectivity index (χ3n) is 30.8. The maximum Gasteiger partial charge on any atom is 0.336 e. The van der Waals surface area contributed by atoms with Gasteiger partial charge in [-0.2, -0.15) is 26.0 Å². The summed E-state index contributed by atoms with van der Waals surface area (Å²) in [6, 6.07) is 50.1. The number of para-hydroxylation sites is 2. The monoisotopic (exact) mass is 2040 g/mol. The molecule has 9 aromatic rings. The van der Waals surface area contributed by atoms with Gasteiger partial charge in [0, 0.05) is 170 Å². The van der Waals surface area contributed by atoms with Gasteiger partial charge >= 0.3 is 11.9 Å². The van der Waals surface area contributed by atoms with Crippen LogP contribution in [-0.2, 0) is 77.7 Å². The fourth-order valence-electron chi connectivity index (χ4n) is 23.7. The Balaban J connectivity index is 0.000000134. The first kappa shape index (κ1) is 105. The number of allylic oxidation sites excluding steroid dienone is 12. The van der Waals surface area contributed by atoms with Crippen LogP contribution in [0.1, 0.15) is 260 Å². The van der Waals surface area contributed by atoms with Crippen LogP contribution in [0.15, 0.2) is 249 Å². The minimum atomic E-state index is -5.29. The number of hydrogen-bond acceptors (Lipinski definition) is 16. The molecule has 11 aliphatic rings. The minimum Gasteiger partial charge on any atom is -0.744 e. The lowest BCUT2D eigenvalue weighted by molar-refractivity contribution is -0.438. The van der Waals surface area contributed by atoms with Crippen molar-refractivity contribution in [1.82, 2.24) is 4.58 Å². The van der Waals surface area contributed by atoms with Crippen molar-refractivity contribution in [3.05, 3.63) is 335 Å². The Morgan fingerprint density at radius 3 is 1.69 bits per heavy atom. The van der Waals surface area contributed by atoms with Crippen molar-refractivity contribution in [2.45, 2.75) is 250 Å². The standard InChI is InChI=1S/C35H36N2O3.C31H38N2O3S.C31H39N2O.C24H21NO9S2/c1-20(2)21-11-12-24(27(17-21)35(38)39)30-28-18-22-7-3-13-36-15-5-9-25(31(22)36)33(28)40-34-26-10-6-16-37-14-4-8-23(32(26)37)19-29(30)34;1-9-32-26-17-15-22(4)19-24(26)30(5,6)28(32)13-11-10-12-14-29-31(7,8)25-20-23(37(34,35)36)16-18-27(25)33(29)21(2)3;1-23(2)33-27-18-13-11-16-25(27)31(5,6)29(33)20-9-7-8-19-28-30(3,4)24-15-10-12-17-26(24)32(28)21-14-22-34;1-11(2)13-5-7-14(17(10-13)24(26)27)19-15-6-4-12(3)22(35(28,29)30)20(15)34-21-16(19)8-9-18(25)23(21)36(31,32)33/h11-12,17-20H,3-10,13-16H2,1-2H3;10-21H,9H2,1-8H3;7-13,15-20,23,34H,14,21-22H2,1-6H3;4-11,25H,1-3H3,(H,26,27)(H,28,29,30)(H,31,32,33)/q;;+1;/p+1. The fraction of sp³-hybridized carbons (Fsp3) is 0.355. The number of aliphatic hydroxyl groups excluding tert-OH is 1. The van der Waals surface area contributed by atoms with E-state index in [9.17, 15) is 63.8 Å². The molecule has 1 aliphatic carbocycles. The van der Waals surface area contributed by atoms with E-state index in [1.54, 1.807) is 18.2 Å². The van der Waals surface area contributed by atoms with Gasteiger partial charge in [-0.1, -0.05) is 176 Å². The highest BCUT2D eigenvalue weighted by atomic mass is 32.2. The highest BCUT2D eigenvalue weighted by molar-refractivity contribution is 7.86. The summed E-state index contributed by atoms with van der Waals surface area (Å²) in [6.45, 7) is 46.8. The van der Waals surface area contributed by atoms with Gasteiger partial charge in [-0.15, -0.1) is 0 Å². The first-order valence-electron chi connectivity index (χ1n) is 51.3. The van der Waals surface area contributed by atoms with Gasteiger partial charge in [-0.3, -0.25) is 14.5 Å². The lowest BCUT2D eigenvalue weighted by Gasteiger charge is -2.39. The SMILES string of the molecule is CC(C)N1\C(=C/C=C/C=C/C2=[N+](CCCO)c3ccccc3C2(C)C)C(C)(C)c2ccccc21.CC(C)c1ccc(C2=c3cc4c5c(c3Oc3c2cc2c6c3CCCN6CCC2)CCC[N+]=5CCC4)c(C(=O)O)c1.CC[N+]1=C(C=CC=CC=C2N(C(C)C)c3ccc(S(=O)(=O)O)cc3C2(C)C)C(C)(C)c2cc(C)ccc21.Cc1ccc2c(-c3ccc(C(C)C)cc3C(=O)O)c3ccc(=N)c(S(=O)(=O)[O-])c-3oc2c1S(=O)(=O)O. The van der Waals surface area contributed by atoms with Crippen LogP contribution in [0.5, 0.6) is 11.5 Å². The number of aliphatic hydroxyl groups is 1. The highest BCUT2D eigenvalue weighted by Crippen LogP contribution is 2.55. The average Bonchev–Trinajstić information content (AvgIpc) is 1.46. The molecule has 147 heavy (non-hydrogen) atoms. The molecule has 0 fully saturated rings. The first-order chi connectivity index (χ1) is 69.5. The fourth-order valence-corrected chi connectivity index (χ4v) is 25.8. The van der Waals surface area contributed by atoms with Crippen LogP contribution in [0.2, 0.25) is 0 Å². The molecule has 9 aromatic carbocycles. The van der Waals surface area contributed by atoms with Gasteiger partial charge < -0.3 is 43.7 Å². The molecule has 0 saturated heterocycles. The number of carboxylic acids is 2. The summed E-state index contributed by atoms with van der Waals surface area (Å²) in [5.41, 5.74) is 26.9. The Kier molecular flexibility index (Phi) is 29.0. The van der Waals surface area contributed by atoms with Crippen LogP contribution < -0.4 is 39.9 Å². The molecule has 0 aromatic heterocycles. The van der Waals surface area contributed by atoms with E-state index in [0.29, 0.717) is 17.2 Å².